The van der Waals surface area contributed by atoms with Crippen LogP contribution in [-0.2, 0) is 0 Å². The number of ketones is 1. The third-order valence-electron chi connectivity index (χ3n) is 5.54. The van der Waals surface area contributed by atoms with E-state index in [1.165, 1.54) is 24.3 Å². The zero-order valence-electron chi connectivity index (χ0n) is 16.6. The number of imide groups is 1. The van der Waals surface area contributed by atoms with Crippen molar-refractivity contribution in [3.8, 4) is 0 Å². The monoisotopic (exact) mass is 421 g/mol. The Kier molecular flexibility index (Phi) is 4.41. The first-order chi connectivity index (χ1) is 15.5. The Hall–Kier alpha value is -4.58. The van der Waals surface area contributed by atoms with Gasteiger partial charge < -0.3 is 5.11 Å². The number of carbonyl (C=O) groups excluding carboxylic acids is 3. The lowest BCUT2D eigenvalue weighted by molar-refractivity contribution is 0.0695. The summed E-state index contributed by atoms with van der Waals surface area (Å²) >= 11 is 0. The molecule has 32 heavy (non-hydrogen) atoms. The number of hydrogen-bond acceptors (Lipinski definition) is 4. The molecule has 4 aromatic carbocycles. The van der Waals surface area contributed by atoms with Gasteiger partial charge in [0.1, 0.15) is 0 Å². The highest BCUT2D eigenvalue weighted by Gasteiger charge is 2.35. The summed E-state index contributed by atoms with van der Waals surface area (Å²) < 4.78 is 0. The van der Waals surface area contributed by atoms with Crippen LogP contribution in [0.2, 0.25) is 0 Å². The van der Waals surface area contributed by atoms with Crippen LogP contribution in [0, 0.1) is 0 Å². The quantitative estimate of drug-likeness (QED) is 0.385. The molecule has 0 fully saturated rings. The first-order valence-electron chi connectivity index (χ1n) is 9.85. The Morgan fingerprint density at radius 3 is 2.06 bits per heavy atom. The molecule has 0 atom stereocenters. The topological polar surface area (TPSA) is 91.8 Å². The minimum Gasteiger partial charge on any atom is -0.478 e. The molecule has 0 unspecified atom stereocenters. The van der Waals surface area contributed by atoms with Crippen molar-refractivity contribution in [1.29, 1.82) is 0 Å². The first kappa shape index (κ1) is 19.4. The van der Waals surface area contributed by atoms with Crippen LogP contribution in [0.15, 0.2) is 84.9 Å². The number of aromatic carboxylic acids is 1. The van der Waals surface area contributed by atoms with Crippen LogP contribution in [0.4, 0.5) is 5.69 Å². The van der Waals surface area contributed by atoms with Crippen molar-refractivity contribution in [2.75, 3.05) is 4.90 Å². The molecular formula is C26H15NO5. The second kappa shape index (κ2) is 7.28. The van der Waals surface area contributed by atoms with E-state index in [0.717, 1.165) is 4.90 Å². The van der Waals surface area contributed by atoms with E-state index >= 15 is 0 Å². The molecule has 0 spiro atoms. The van der Waals surface area contributed by atoms with Crippen molar-refractivity contribution in [2.24, 2.45) is 0 Å². The summed E-state index contributed by atoms with van der Waals surface area (Å²) in [4.78, 5) is 52.1. The van der Waals surface area contributed by atoms with Gasteiger partial charge in [0.15, 0.2) is 5.78 Å². The van der Waals surface area contributed by atoms with Gasteiger partial charge in [0.25, 0.3) is 11.8 Å². The number of nitrogens with zero attached hydrogens (tertiary/aromatic N) is 1. The van der Waals surface area contributed by atoms with Crippen LogP contribution >= 0.6 is 0 Å². The van der Waals surface area contributed by atoms with Gasteiger partial charge in [-0.15, -0.1) is 0 Å². The Morgan fingerprint density at radius 2 is 1.34 bits per heavy atom. The number of benzene rings is 4. The molecule has 0 aromatic heterocycles. The molecule has 0 bridgehead atoms. The molecule has 154 valence electrons. The second-order valence-corrected chi connectivity index (χ2v) is 7.39. The predicted molar refractivity (Wildman–Crippen MR) is 118 cm³/mol. The Bertz CT molecular complexity index is 1430. The van der Waals surface area contributed by atoms with Crippen molar-refractivity contribution >= 4 is 40.0 Å². The van der Waals surface area contributed by atoms with Crippen LogP contribution in [0.5, 0.6) is 0 Å². The van der Waals surface area contributed by atoms with E-state index in [0.29, 0.717) is 21.9 Å². The summed E-state index contributed by atoms with van der Waals surface area (Å²) in [6, 6.07) is 22.6. The second-order valence-electron chi connectivity index (χ2n) is 7.39. The van der Waals surface area contributed by atoms with E-state index in [4.69, 9.17) is 0 Å². The zero-order chi connectivity index (χ0) is 22.4. The average Bonchev–Trinajstić information content (AvgIpc) is 2.82. The molecule has 1 N–H and O–H groups in total. The molecule has 0 saturated carbocycles. The molecule has 1 aliphatic rings. The fraction of sp³-hybridized carbons (Fsp3) is 0. The maximum Gasteiger partial charge on any atom is 0.335 e. The van der Waals surface area contributed by atoms with Crippen LogP contribution in [0.25, 0.3) is 10.8 Å². The average molecular weight is 421 g/mol. The number of carbonyl (C=O) groups is 4. The van der Waals surface area contributed by atoms with Gasteiger partial charge in [-0.2, -0.15) is 0 Å². The first-order valence-corrected chi connectivity index (χ1v) is 9.85. The summed E-state index contributed by atoms with van der Waals surface area (Å²) in [5.74, 6) is -2.50. The standard InChI is InChI=1S/C26H15NO5/c28-23(15-6-2-1-3-7-15)19-12-13-21-22-18(19)10-5-11-20(22)24(29)27(25(21)30)17-9-4-8-16(14-17)26(31)32/h1-14H,(H,31,32). The van der Waals surface area contributed by atoms with Crippen molar-refractivity contribution in [3.63, 3.8) is 0 Å². The lowest BCUT2D eigenvalue weighted by Crippen LogP contribution is -2.40. The van der Waals surface area contributed by atoms with Gasteiger partial charge in [-0.3, -0.25) is 14.4 Å². The van der Waals surface area contributed by atoms with Crippen molar-refractivity contribution in [2.45, 2.75) is 0 Å². The Morgan fingerprint density at radius 1 is 0.688 bits per heavy atom. The van der Waals surface area contributed by atoms with Gasteiger partial charge in [-0.1, -0.05) is 48.5 Å². The predicted octanol–water partition coefficient (Wildman–Crippen LogP) is 4.57. The maximum absolute atomic E-state index is 13.3. The molecule has 0 saturated heterocycles. The molecule has 2 amide bonds. The zero-order valence-corrected chi connectivity index (χ0v) is 16.6. The van der Waals surface area contributed by atoms with Crippen molar-refractivity contribution in [3.05, 3.63) is 113 Å². The van der Waals surface area contributed by atoms with Crippen LogP contribution in [0.1, 0.15) is 47.0 Å². The molecule has 4 aromatic rings. The van der Waals surface area contributed by atoms with E-state index < -0.39 is 17.8 Å². The van der Waals surface area contributed by atoms with E-state index in [2.05, 4.69) is 0 Å². The highest BCUT2D eigenvalue weighted by molar-refractivity contribution is 6.37. The fourth-order valence-corrected chi connectivity index (χ4v) is 4.05. The number of hydrogen-bond donors (Lipinski definition) is 1. The fourth-order valence-electron chi connectivity index (χ4n) is 4.05. The number of rotatable bonds is 4. The Balaban J connectivity index is 1.68. The van der Waals surface area contributed by atoms with Gasteiger partial charge in [-0.25, -0.2) is 9.69 Å². The summed E-state index contributed by atoms with van der Waals surface area (Å²) in [6.07, 6.45) is 0. The lowest BCUT2D eigenvalue weighted by atomic mass is 9.88. The third kappa shape index (κ3) is 2.89. The number of anilines is 1. The number of carboxylic acids is 1. The van der Waals surface area contributed by atoms with Crippen molar-refractivity contribution < 1.29 is 24.3 Å². The number of amides is 2. The largest absolute Gasteiger partial charge is 0.478 e. The van der Waals surface area contributed by atoms with E-state index in [1.54, 1.807) is 54.6 Å². The van der Waals surface area contributed by atoms with Gasteiger partial charge in [-0.05, 0) is 41.8 Å². The lowest BCUT2D eigenvalue weighted by Gasteiger charge is -2.28. The van der Waals surface area contributed by atoms with Gasteiger partial charge >= 0.3 is 5.97 Å². The molecular weight excluding hydrogens is 406 g/mol. The summed E-state index contributed by atoms with van der Waals surface area (Å²) in [7, 11) is 0. The van der Waals surface area contributed by atoms with Gasteiger partial charge in [0.05, 0.1) is 11.3 Å². The third-order valence-corrected chi connectivity index (χ3v) is 5.54. The SMILES string of the molecule is O=C(O)c1cccc(N2C(=O)c3cccc4c(C(=O)c5ccccc5)ccc(c34)C2=O)c1. The van der Waals surface area contributed by atoms with Crippen LogP contribution in [0.3, 0.4) is 0 Å². The van der Waals surface area contributed by atoms with E-state index in [9.17, 15) is 24.3 Å². The molecule has 5 rings (SSSR count). The van der Waals surface area contributed by atoms with Crippen LogP contribution < -0.4 is 4.90 Å². The minimum atomic E-state index is -1.16. The highest BCUT2D eigenvalue weighted by atomic mass is 16.4. The summed E-state index contributed by atoms with van der Waals surface area (Å²) in [6.45, 7) is 0. The molecule has 1 heterocycles. The summed E-state index contributed by atoms with van der Waals surface area (Å²) in [5, 5.41) is 10.2. The molecule has 0 aliphatic carbocycles. The summed E-state index contributed by atoms with van der Waals surface area (Å²) in [5.41, 5.74) is 1.61. The van der Waals surface area contributed by atoms with Gasteiger partial charge in [0.2, 0.25) is 0 Å². The van der Waals surface area contributed by atoms with E-state index in [-0.39, 0.29) is 28.2 Å². The highest BCUT2D eigenvalue weighted by Crippen LogP contribution is 2.35. The van der Waals surface area contributed by atoms with Crippen LogP contribution in [-0.4, -0.2) is 28.7 Å². The minimum absolute atomic E-state index is 0.0316. The Labute approximate surface area is 182 Å². The smallest absolute Gasteiger partial charge is 0.335 e. The molecule has 1 aliphatic heterocycles. The molecule has 6 heteroatoms. The van der Waals surface area contributed by atoms with Gasteiger partial charge in [0, 0.05) is 27.6 Å². The maximum atomic E-state index is 13.3. The number of carboxylic acid groups (broad SMARTS) is 1. The molecule has 6 nitrogen and oxygen atoms in total. The normalized spacial score (nSPS) is 12.8. The van der Waals surface area contributed by atoms with Crippen molar-refractivity contribution in [1.82, 2.24) is 0 Å². The molecule has 0 radical (unpaired) electrons. The van der Waals surface area contributed by atoms with E-state index in [1.807, 2.05) is 6.07 Å².